The van der Waals surface area contributed by atoms with Crippen molar-refractivity contribution >= 4 is 29.1 Å². The first-order valence-electron chi connectivity index (χ1n) is 6.10. The molecule has 1 amide bonds. The molecule has 1 saturated heterocycles. The first kappa shape index (κ1) is 12.3. The Morgan fingerprint density at radius 1 is 1.22 bits per heavy atom. The number of carbonyl (C=O) groups excluding carboxylic acids is 1. The lowest BCUT2D eigenvalue weighted by Gasteiger charge is -2.37. The van der Waals surface area contributed by atoms with Gasteiger partial charge >= 0.3 is 0 Å². The minimum atomic E-state index is 0.0402. The van der Waals surface area contributed by atoms with Gasteiger partial charge in [-0.05, 0) is 31.0 Å². The van der Waals surface area contributed by atoms with Gasteiger partial charge in [-0.25, -0.2) is 0 Å². The van der Waals surface area contributed by atoms with Gasteiger partial charge in [0, 0.05) is 35.2 Å². The number of amides is 1. The number of hydrogen-bond donors (Lipinski definition) is 1. The third-order valence-corrected chi connectivity index (χ3v) is 4.16. The molecule has 5 heteroatoms. The molecule has 0 aromatic heterocycles. The highest BCUT2D eigenvalue weighted by Crippen LogP contribution is 2.43. The van der Waals surface area contributed by atoms with Crippen molar-refractivity contribution in [1.82, 2.24) is 10.2 Å². The average molecular weight is 285 g/mol. The van der Waals surface area contributed by atoms with E-state index >= 15 is 0 Å². The van der Waals surface area contributed by atoms with Gasteiger partial charge in [0.25, 0.3) is 5.91 Å². The average Bonchev–Trinajstić information content (AvgIpc) is 3.08. The molecule has 0 atom stereocenters. The summed E-state index contributed by atoms with van der Waals surface area (Å²) in [5.41, 5.74) is 0.630. The second-order valence-corrected chi connectivity index (χ2v) is 5.89. The Balaban J connectivity index is 1.89. The van der Waals surface area contributed by atoms with Crippen LogP contribution in [0.5, 0.6) is 0 Å². The zero-order chi connectivity index (χ0) is 12.8. The molecule has 1 aromatic carbocycles. The Morgan fingerprint density at radius 2 is 1.89 bits per heavy atom. The van der Waals surface area contributed by atoms with E-state index in [1.165, 1.54) is 0 Å². The maximum absolute atomic E-state index is 12.5. The fourth-order valence-electron chi connectivity index (χ4n) is 2.59. The first-order chi connectivity index (χ1) is 8.61. The van der Waals surface area contributed by atoms with E-state index < -0.39 is 0 Å². The van der Waals surface area contributed by atoms with Crippen LogP contribution in [-0.4, -0.2) is 36.0 Å². The molecule has 3 rings (SSSR count). The standard InChI is InChI=1S/C13H14Cl2N2O/c14-10-5-9(6-11(15)7-10)12(18)17-4-3-16-8-13(17)1-2-13/h5-7,16H,1-4,8H2. The maximum atomic E-state index is 12.5. The van der Waals surface area contributed by atoms with Crippen LogP contribution in [0.3, 0.4) is 0 Å². The number of nitrogens with zero attached hydrogens (tertiary/aromatic N) is 1. The van der Waals surface area contributed by atoms with Gasteiger partial charge in [-0.2, -0.15) is 0 Å². The summed E-state index contributed by atoms with van der Waals surface area (Å²) in [7, 11) is 0. The third kappa shape index (κ3) is 2.11. The Morgan fingerprint density at radius 3 is 2.50 bits per heavy atom. The zero-order valence-corrected chi connectivity index (χ0v) is 11.4. The molecule has 1 aliphatic heterocycles. The van der Waals surface area contributed by atoms with Gasteiger partial charge in [0.15, 0.2) is 0 Å². The molecular weight excluding hydrogens is 271 g/mol. The molecule has 18 heavy (non-hydrogen) atoms. The van der Waals surface area contributed by atoms with Crippen molar-refractivity contribution in [2.75, 3.05) is 19.6 Å². The summed E-state index contributed by atoms with van der Waals surface area (Å²) >= 11 is 11.9. The fraction of sp³-hybridized carbons (Fsp3) is 0.462. The van der Waals surface area contributed by atoms with Crippen LogP contribution < -0.4 is 5.32 Å². The third-order valence-electron chi connectivity index (χ3n) is 3.72. The summed E-state index contributed by atoms with van der Waals surface area (Å²) in [5.74, 6) is 0.0402. The van der Waals surface area contributed by atoms with E-state index in [1.807, 2.05) is 4.90 Å². The Kier molecular flexibility index (Phi) is 3.00. The van der Waals surface area contributed by atoms with Crippen molar-refractivity contribution in [3.8, 4) is 0 Å². The van der Waals surface area contributed by atoms with Gasteiger partial charge in [-0.1, -0.05) is 23.2 Å². The lowest BCUT2D eigenvalue weighted by atomic mass is 10.1. The van der Waals surface area contributed by atoms with Crippen molar-refractivity contribution < 1.29 is 4.79 Å². The van der Waals surface area contributed by atoms with E-state index in [0.29, 0.717) is 15.6 Å². The smallest absolute Gasteiger partial charge is 0.254 e. The number of carbonyl (C=O) groups is 1. The highest BCUT2D eigenvalue weighted by Gasteiger charge is 2.51. The summed E-state index contributed by atoms with van der Waals surface area (Å²) in [6, 6.07) is 5.02. The summed E-state index contributed by atoms with van der Waals surface area (Å²) in [5, 5.41) is 4.36. The Labute approximate surface area is 116 Å². The van der Waals surface area contributed by atoms with Gasteiger partial charge in [-0.15, -0.1) is 0 Å². The van der Waals surface area contributed by atoms with E-state index in [4.69, 9.17) is 23.2 Å². The van der Waals surface area contributed by atoms with E-state index in [-0.39, 0.29) is 11.4 Å². The Bertz CT molecular complexity index is 480. The normalized spacial score (nSPS) is 21.1. The molecule has 2 aliphatic rings. The van der Waals surface area contributed by atoms with Crippen LogP contribution >= 0.6 is 23.2 Å². The number of nitrogens with one attached hydrogen (secondary N) is 1. The van der Waals surface area contributed by atoms with Gasteiger partial charge in [0.1, 0.15) is 0 Å². The first-order valence-corrected chi connectivity index (χ1v) is 6.85. The van der Waals surface area contributed by atoms with Gasteiger partial charge in [0.05, 0.1) is 5.54 Å². The van der Waals surface area contributed by atoms with Crippen molar-refractivity contribution in [1.29, 1.82) is 0 Å². The molecule has 1 N–H and O–H groups in total. The van der Waals surface area contributed by atoms with Crippen molar-refractivity contribution in [3.05, 3.63) is 33.8 Å². The topological polar surface area (TPSA) is 32.3 Å². The van der Waals surface area contributed by atoms with Gasteiger partial charge < -0.3 is 10.2 Å². The van der Waals surface area contributed by atoms with Crippen LogP contribution in [0.1, 0.15) is 23.2 Å². The molecule has 1 aromatic rings. The number of hydrogen-bond acceptors (Lipinski definition) is 2. The van der Waals surface area contributed by atoms with Gasteiger partial charge in [-0.3, -0.25) is 4.79 Å². The molecule has 96 valence electrons. The lowest BCUT2D eigenvalue weighted by Crippen LogP contribution is -2.55. The van der Waals surface area contributed by atoms with Crippen molar-refractivity contribution in [2.45, 2.75) is 18.4 Å². The highest BCUT2D eigenvalue weighted by molar-refractivity contribution is 6.35. The van der Waals surface area contributed by atoms with Crippen LogP contribution in [0.2, 0.25) is 10.0 Å². The molecule has 3 nitrogen and oxygen atoms in total. The predicted octanol–water partition coefficient (Wildman–Crippen LogP) is 2.57. The SMILES string of the molecule is O=C(c1cc(Cl)cc(Cl)c1)N1CCNCC12CC2. The molecular formula is C13H14Cl2N2O. The van der Waals surface area contributed by atoms with Crippen molar-refractivity contribution in [3.63, 3.8) is 0 Å². The van der Waals surface area contributed by atoms with Gasteiger partial charge in [0.2, 0.25) is 0 Å². The van der Waals surface area contributed by atoms with Crippen LogP contribution in [0.15, 0.2) is 18.2 Å². The minimum absolute atomic E-state index is 0.0402. The van der Waals surface area contributed by atoms with Crippen LogP contribution in [0, 0.1) is 0 Å². The van der Waals surface area contributed by atoms with Crippen LogP contribution in [-0.2, 0) is 0 Å². The minimum Gasteiger partial charge on any atom is -0.330 e. The van der Waals surface area contributed by atoms with Crippen LogP contribution in [0.4, 0.5) is 0 Å². The Hall–Kier alpha value is -0.770. The molecule has 1 heterocycles. The second kappa shape index (κ2) is 4.41. The molecule has 1 spiro atoms. The van der Waals surface area contributed by atoms with Crippen LogP contribution in [0.25, 0.3) is 0 Å². The van der Waals surface area contributed by atoms with E-state index in [0.717, 1.165) is 32.5 Å². The molecule has 0 radical (unpaired) electrons. The van der Waals surface area contributed by atoms with Crippen molar-refractivity contribution in [2.24, 2.45) is 0 Å². The molecule has 0 bridgehead atoms. The molecule has 1 saturated carbocycles. The molecule has 1 aliphatic carbocycles. The summed E-state index contributed by atoms with van der Waals surface area (Å²) in [6.45, 7) is 2.50. The second-order valence-electron chi connectivity index (χ2n) is 5.02. The number of rotatable bonds is 1. The van der Waals surface area contributed by atoms with E-state index in [9.17, 15) is 4.79 Å². The number of benzene rings is 1. The highest BCUT2D eigenvalue weighted by atomic mass is 35.5. The maximum Gasteiger partial charge on any atom is 0.254 e. The predicted molar refractivity (Wildman–Crippen MR) is 72.3 cm³/mol. The summed E-state index contributed by atoms with van der Waals surface area (Å²) in [4.78, 5) is 14.5. The largest absolute Gasteiger partial charge is 0.330 e. The fourth-order valence-corrected chi connectivity index (χ4v) is 3.11. The summed E-state index contributed by atoms with van der Waals surface area (Å²) < 4.78 is 0. The number of piperazine rings is 1. The lowest BCUT2D eigenvalue weighted by molar-refractivity contribution is 0.0600. The summed E-state index contributed by atoms with van der Waals surface area (Å²) in [6.07, 6.45) is 2.17. The quantitative estimate of drug-likeness (QED) is 0.860. The van der Waals surface area contributed by atoms with E-state index in [2.05, 4.69) is 5.32 Å². The molecule has 2 fully saturated rings. The van der Waals surface area contributed by atoms with E-state index in [1.54, 1.807) is 18.2 Å². The zero-order valence-electron chi connectivity index (χ0n) is 9.88. The monoisotopic (exact) mass is 284 g/mol. The number of halogens is 2. The molecule has 0 unspecified atom stereocenters.